The molecule has 1 aromatic carbocycles. The zero-order valence-corrected chi connectivity index (χ0v) is 15.0. The maximum Gasteiger partial charge on any atom is 0.255 e. The Morgan fingerprint density at radius 1 is 1.19 bits per heavy atom. The van der Waals surface area contributed by atoms with Crippen molar-refractivity contribution in [1.29, 1.82) is 0 Å². The van der Waals surface area contributed by atoms with E-state index in [1.54, 1.807) is 0 Å². The Morgan fingerprint density at radius 2 is 1.88 bits per heavy atom. The SMILES string of the molecule is C[C@H]1[C@@H]2CCN(CC(F)F)C(=O)[C@@]2(c2ccccc2)CCC12OCCO2. The molecule has 3 fully saturated rings. The second-order valence-electron chi connectivity index (χ2n) is 7.67. The van der Waals surface area contributed by atoms with Crippen LogP contribution >= 0.6 is 0 Å². The van der Waals surface area contributed by atoms with Gasteiger partial charge in [-0.1, -0.05) is 37.3 Å². The molecule has 6 heteroatoms. The van der Waals surface area contributed by atoms with Crippen molar-refractivity contribution in [2.75, 3.05) is 26.3 Å². The summed E-state index contributed by atoms with van der Waals surface area (Å²) in [5.74, 6) is -0.761. The van der Waals surface area contributed by atoms with Crippen molar-refractivity contribution < 1.29 is 23.0 Å². The highest BCUT2D eigenvalue weighted by Crippen LogP contribution is 2.56. The average molecular weight is 365 g/mol. The molecule has 1 amide bonds. The molecule has 4 nitrogen and oxygen atoms in total. The first-order valence-corrected chi connectivity index (χ1v) is 9.40. The second kappa shape index (κ2) is 6.57. The van der Waals surface area contributed by atoms with Gasteiger partial charge < -0.3 is 14.4 Å². The van der Waals surface area contributed by atoms with E-state index in [1.807, 2.05) is 30.3 Å². The van der Waals surface area contributed by atoms with Crippen LogP contribution in [0.15, 0.2) is 30.3 Å². The molecule has 1 saturated carbocycles. The highest BCUT2D eigenvalue weighted by Gasteiger charge is 2.62. The molecule has 1 spiro atoms. The van der Waals surface area contributed by atoms with E-state index in [-0.39, 0.29) is 17.7 Å². The molecule has 26 heavy (non-hydrogen) atoms. The highest BCUT2D eigenvalue weighted by molar-refractivity contribution is 5.90. The van der Waals surface area contributed by atoms with Crippen molar-refractivity contribution in [3.63, 3.8) is 0 Å². The molecule has 2 saturated heterocycles. The zero-order chi connectivity index (χ0) is 18.4. The topological polar surface area (TPSA) is 38.8 Å². The molecule has 2 aliphatic heterocycles. The molecule has 0 radical (unpaired) electrons. The second-order valence-corrected chi connectivity index (χ2v) is 7.67. The highest BCUT2D eigenvalue weighted by atomic mass is 19.3. The van der Waals surface area contributed by atoms with E-state index in [2.05, 4.69) is 6.92 Å². The van der Waals surface area contributed by atoms with Gasteiger partial charge in [0.15, 0.2) is 5.79 Å². The number of alkyl halides is 2. The normalized spacial score (nSPS) is 33.7. The summed E-state index contributed by atoms with van der Waals surface area (Å²) in [5, 5.41) is 0. The molecule has 0 aromatic heterocycles. The van der Waals surface area contributed by atoms with E-state index in [9.17, 15) is 13.6 Å². The maximum absolute atomic E-state index is 13.5. The number of halogens is 2. The molecule has 1 aliphatic carbocycles. The van der Waals surface area contributed by atoms with E-state index in [0.29, 0.717) is 39.0 Å². The summed E-state index contributed by atoms with van der Waals surface area (Å²) in [4.78, 5) is 14.8. The van der Waals surface area contributed by atoms with Crippen molar-refractivity contribution in [3.8, 4) is 0 Å². The van der Waals surface area contributed by atoms with Gasteiger partial charge in [-0.3, -0.25) is 4.79 Å². The van der Waals surface area contributed by atoms with Crippen LogP contribution in [0.3, 0.4) is 0 Å². The number of carbonyl (C=O) groups excluding carboxylic acids is 1. The van der Waals surface area contributed by atoms with Crippen LogP contribution in [-0.2, 0) is 19.7 Å². The Bertz CT molecular complexity index is 662. The molecule has 0 N–H and O–H groups in total. The predicted molar refractivity (Wildman–Crippen MR) is 91.8 cm³/mol. The van der Waals surface area contributed by atoms with Crippen molar-refractivity contribution in [1.82, 2.24) is 4.90 Å². The minimum atomic E-state index is -2.52. The molecule has 0 bridgehead atoms. The molecule has 142 valence electrons. The van der Waals surface area contributed by atoms with Crippen molar-refractivity contribution in [3.05, 3.63) is 35.9 Å². The van der Waals surface area contributed by atoms with Crippen LogP contribution in [-0.4, -0.2) is 49.3 Å². The van der Waals surface area contributed by atoms with Crippen LogP contribution in [0.5, 0.6) is 0 Å². The summed E-state index contributed by atoms with van der Waals surface area (Å²) < 4.78 is 38.0. The number of hydrogen-bond donors (Lipinski definition) is 0. The Kier molecular flexibility index (Phi) is 4.51. The lowest BCUT2D eigenvalue weighted by molar-refractivity contribution is -0.239. The van der Waals surface area contributed by atoms with Crippen molar-refractivity contribution >= 4 is 5.91 Å². The Labute approximate surface area is 152 Å². The van der Waals surface area contributed by atoms with Crippen LogP contribution in [0.25, 0.3) is 0 Å². The van der Waals surface area contributed by atoms with Gasteiger partial charge in [0.2, 0.25) is 5.91 Å². The van der Waals surface area contributed by atoms with Gasteiger partial charge in [-0.25, -0.2) is 8.78 Å². The largest absolute Gasteiger partial charge is 0.347 e. The van der Waals surface area contributed by atoms with Crippen LogP contribution in [0.2, 0.25) is 0 Å². The van der Waals surface area contributed by atoms with E-state index < -0.39 is 24.2 Å². The van der Waals surface area contributed by atoms with Crippen LogP contribution < -0.4 is 0 Å². The van der Waals surface area contributed by atoms with E-state index >= 15 is 0 Å². The van der Waals surface area contributed by atoms with Gasteiger partial charge in [0.05, 0.1) is 25.2 Å². The fourth-order valence-corrected chi connectivity index (χ4v) is 5.39. The molecular formula is C20H25F2NO3. The van der Waals surface area contributed by atoms with E-state index in [0.717, 1.165) is 5.56 Å². The number of piperidine rings is 1. The smallest absolute Gasteiger partial charge is 0.255 e. The molecule has 0 unspecified atom stereocenters. The molecule has 1 aromatic rings. The molecule has 2 heterocycles. The fourth-order valence-electron chi connectivity index (χ4n) is 5.39. The van der Waals surface area contributed by atoms with Gasteiger partial charge >= 0.3 is 0 Å². The lowest BCUT2D eigenvalue weighted by atomic mass is 9.54. The van der Waals surface area contributed by atoms with Gasteiger partial charge in [-0.2, -0.15) is 0 Å². The number of amides is 1. The third kappa shape index (κ3) is 2.57. The summed E-state index contributed by atoms with van der Waals surface area (Å²) in [5.41, 5.74) is 0.155. The summed E-state index contributed by atoms with van der Waals surface area (Å²) in [6, 6.07) is 9.65. The summed E-state index contributed by atoms with van der Waals surface area (Å²) in [7, 11) is 0. The number of ether oxygens (including phenoxy) is 2. The van der Waals surface area contributed by atoms with Gasteiger partial charge in [0.25, 0.3) is 6.43 Å². The summed E-state index contributed by atoms with van der Waals surface area (Å²) >= 11 is 0. The Balaban J connectivity index is 1.76. The molecular weight excluding hydrogens is 340 g/mol. The molecule has 3 aliphatic rings. The third-order valence-electron chi connectivity index (χ3n) is 6.60. The Hall–Kier alpha value is -1.53. The number of carbonyl (C=O) groups is 1. The summed E-state index contributed by atoms with van der Waals surface area (Å²) in [6.45, 7) is 3.10. The monoisotopic (exact) mass is 365 g/mol. The first-order chi connectivity index (χ1) is 12.5. The molecule has 3 atom stereocenters. The lowest BCUT2D eigenvalue weighted by Crippen LogP contribution is -2.64. The zero-order valence-electron chi connectivity index (χ0n) is 15.0. The average Bonchev–Trinajstić information content (AvgIpc) is 3.11. The van der Waals surface area contributed by atoms with Crippen LogP contribution in [0.1, 0.15) is 31.7 Å². The van der Waals surface area contributed by atoms with E-state index in [4.69, 9.17) is 9.47 Å². The number of benzene rings is 1. The van der Waals surface area contributed by atoms with Gasteiger partial charge in [0.1, 0.15) is 0 Å². The number of likely N-dealkylation sites (tertiary alicyclic amines) is 1. The first-order valence-electron chi connectivity index (χ1n) is 9.40. The van der Waals surface area contributed by atoms with Gasteiger partial charge in [-0.15, -0.1) is 0 Å². The Morgan fingerprint density at radius 3 is 2.54 bits per heavy atom. The minimum Gasteiger partial charge on any atom is -0.347 e. The van der Waals surface area contributed by atoms with Gasteiger partial charge in [-0.05, 0) is 24.3 Å². The minimum absolute atomic E-state index is 0.0122. The number of fused-ring (bicyclic) bond motifs is 1. The van der Waals surface area contributed by atoms with Crippen molar-refractivity contribution in [2.45, 2.75) is 43.8 Å². The number of nitrogens with zero attached hydrogens (tertiary/aromatic N) is 1. The van der Waals surface area contributed by atoms with Crippen LogP contribution in [0, 0.1) is 11.8 Å². The third-order valence-corrected chi connectivity index (χ3v) is 6.60. The van der Waals surface area contributed by atoms with Crippen LogP contribution in [0.4, 0.5) is 8.78 Å². The number of rotatable bonds is 3. The molecule has 4 rings (SSSR count). The van der Waals surface area contributed by atoms with Gasteiger partial charge in [0, 0.05) is 18.9 Å². The predicted octanol–water partition coefficient (Wildman–Crippen LogP) is 3.21. The number of hydrogen-bond acceptors (Lipinski definition) is 3. The standard InChI is InChI=1S/C20H25F2NO3/c1-14-16-7-10-23(13-17(21)22)18(24)19(16,15-5-3-2-4-6-15)8-9-20(14)25-11-12-26-20/h2-6,14,16-17H,7-13H2,1H3/t14-,16-,19+/m0/s1. The van der Waals surface area contributed by atoms with Crippen molar-refractivity contribution in [2.24, 2.45) is 11.8 Å². The maximum atomic E-state index is 13.5. The summed E-state index contributed by atoms with van der Waals surface area (Å²) in [6.07, 6.45) is -0.668. The first kappa shape index (κ1) is 17.9. The fraction of sp³-hybridized carbons (Fsp3) is 0.650. The lowest BCUT2D eigenvalue weighted by Gasteiger charge is -2.56. The van der Waals surface area contributed by atoms with E-state index in [1.165, 1.54) is 4.90 Å². The quantitative estimate of drug-likeness (QED) is 0.826.